The van der Waals surface area contributed by atoms with Crippen LogP contribution >= 0.6 is 0 Å². The van der Waals surface area contributed by atoms with Crippen LogP contribution in [0.25, 0.3) is 0 Å². The lowest BCUT2D eigenvalue weighted by Crippen LogP contribution is -2.25. The second-order valence-electron chi connectivity index (χ2n) is 3.60. The smallest absolute Gasteiger partial charge is 0.220 e. The fraction of sp³-hybridized carbons (Fsp3) is 0.750. The van der Waals surface area contributed by atoms with Crippen molar-refractivity contribution in [3.05, 3.63) is 0 Å². The molecule has 0 aliphatic rings. The maximum absolute atomic E-state index is 11.3. The number of terminal acetylenes is 1. The van der Waals surface area contributed by atoms with Crippen LogP contribution in [0.4, 0.5) is 0 Å². The number of methoxy groups -OCH3 is 1. The Bertz CT molecular complexity index is 208. The highest BCUT2D eigenvalue weighted by atomic mass is 16.5. The summed E-state index contributed by atoms with van der Waals surface area (Å²) in [5.74, 6) is 2.67. The van der Waals surface area contributed by atoms with E-state index in [1.165, 1.54) is 0 Å². The maximum Gasteiger partial charge on any atom is 0.220 e. The van der Waals surface area contributed by atoms with E-state index in [9.17, 15) is 4.79 Å². The number of rotatable bonds is 8. The highest BCUT2D eigenvalue weighted by Gasteiger charge is 2.04. The third-order valence-electron chi connectivity index (χ3n) is 2.25. The molecule has 0 fully saturated rings. The predicted octanol–water partition coefficient (Wildman–Crippen LogP) is 1.72. The largest absolute Gasteiger partial charge is 0.382 e. The molecular weight excluding hydrogens is 190 g/mol. The second kappa shape index (κ2) is 9.54. The second-order valence-corrected chi connectivity index (χ2v) is 3.60. The Morgan fingerprint density at radius 2 is 2.27 bits per heavy atom. The van der Waals surface area contributed by atoms with Gasteiger partial charge in [-0.25, -0.2) is 0 Å². The molecule has 1 amide bonds. The molecule has 3 nitrogen and oxygen atoms in total. The number of carbonyl (C=O) groups is 1. The number of hydrogen-bond donors (Lipinski definition) is 1. The van der Waals surface area contributed by atoms with E-state index in [1.807, 2.05) is 6.92 Å². The summed E-state index contributed by atoms with van der Waals surface area (Å²) in [7, 11) is 1.66. The van der Waals surface area contributed by atoms with Crippen molar-refractivity contribution in [1.82, 2.24) is 5.32 Å². The van der Waals surface area contributed by atoms with Gasteiger partial charge in [-0.3, -0.25) is 4.79 Å². The van der Waals surface area contributed by atoms with Gasteiger partial charge in [-0.05, 0) is 26.2 Å². The van der Waals surface area contributed by atoms with E-state index in [0.717, 1.165) is 32.2 Å². The van der Waals surface area contributed by atoms with Gasteiger partial charge in [-0.1, -0.05) is 0 Å². The van der Waals surface area contributed by atoms with Gasteiger partial charge >= 0.3 is 0 Å². The summed E-state index contributed by atoms with van der Waals surface area (Å²) in [5, 5.41) is 2.86. The van der Waals surface area contributed by atoms with E-state index in [1.54, 1.807) is 7.11 Å². The normalized spacial score (nSPS) is 11.8. The van der Waals surface area contributed by atoms with Crippen LogP contribution in [0.2, 0.25) is 0 Å². The predicted molar refractivity (Wildman–Crippen MR) is 61.4 cm³/mol. The van der Waals surface area contributed by atoms with Crippen molar-refractivity contribution in [3.63, 3.8) is 0 Å². The Balaban J connectivity index is 3.30. The Morgan fingerprint density at radius 1 is 1.53 bits per heavy atom. The van der Waals surface area contributed by atoms with Gasteiger partial charge < -0.3 is 10.1 Å². The van der Waals surface area contributed by atoms with Crippen molar-refractivity contribution in [2.75, 3.05) is 13.7 Å². The van der Waals surface area contributed by atoms with Crippen LogP contribution in [0.5, 0.6) is 0 Å². The molecule has 0 radical (unpaired) electrons. The molecule has 0 bridgehead atoms. The first-order chi connectivity index (χ1) is 7.20. The Morgan fingerprint density at radius 3 is 2.87 bits per heavy atom. The van der Waals surface area contributed by atoms with Gasteiger partial charge in [0.05, 0.1) is 6.10 Å². The van der Waals surface area contributed by atoms with Gasteiger partial charge in [0.15, 0.2) is 0 Å². The molecule has 1 unspecified atom stereocenters. The average Bonchev–Trinajstić information content (AvgIpc) is 2.25. The lowest BCUT2D eigenvalue weighted by molar-refractivity contribution is -0.121. The summed E-state index contributed by atoms with van der Waals surface area (Å²) in [4.78, 5) is 11.3. The standard InChI is InChI=1S/C12H21NO2/c1-4-5-6-7-10-13-12(14)9-8-11(2)15-3/h1,11H,5-10H2,2-3H3,(H,13,14). The third-order valence-corrected chi connectivity index (χ3v) is 2.25. The minimum atomic E-state index is 0.0969. The van der Waals surface area contributed by atoms with Gasteiger partial charge in [-0.2, -0.15) is 0 Å². The molecule has 86 valence electrons. The average molecular weight is 211 g/mol. The zero-order valence-electron chi connectivity index (χ0n) is 9.71. The number of amides is 1. The molecule has 0 aromatic rings. The zero-order chi connectivity index (χ0) is 11.5. The highest BCUT2D eigenvalue weighted by Crippen LogP contribution is 1.99. The molecule has 0 aliphatic carbocycles. The third kappa shape index (κ3) is 9.30. The van der Waals surface area contributed by atoms with Crippen molar-refractivity contribution in [1.29, 1.82) is 0 Å². The quantitative estimate of drug-likeness (QED) is 0.490. The molecule has 15 heavy (non-hydrogen) atoms. The summed E-state index contributed by atoms with van der Waals surface area (Å²) < 4.78 is 5.06. The molecule has 0 saturated carbocycles. The topological polar surface area (TPSA) is 38.3 Å². The van der Waals surface area contributed by atoms with E-state index >= 15 is 0 Å². The zero-order valence-corrected chi connectivity index (χ0v) is 9.71. The first-order valence-corrected chi connectivity index (χ1v) is 5.43. The number of nitrogens with one attached hydrogen (secondary N) is 1. The Hall–Kier alpha value is -1.01. The number of unbranched alkanes of at least 4 members (excludes halogenated alkanes) is 2. The van der Waals surface area contributed by atoms with Crippen LogP contribution in [0, 0.1) is 12.3 Å². The lowest BCUT2D eigenvalue weighted by Gasteiger charge is -2.09. The molecule has 1 N–H and O–H groups in total. The van der Waals surface area contributed by atoms with E-state index < -0.39 is 0 Å². The van der Waals surface area contributed by atoms with Gasteiger partial charge in [0.1, 0.15) is 0 Å². The van der Waals surface area contributed by atoms with Crippen molar-refractivity contribution in [2.45, 2.75) is 45.1 Å². The molecular formula is C12H21NO2. The molecule has 0 spiro atoms. The maximum atomic E-state index is 11.3. The van der Waals surface area contributed by atoms with Crippen LogP contribution in [0.3, 0.4) is 0 Å². The fourth-order valence-electron chi connectivity index (χ4n) is 1.12. The van der Waals surface area contributed by atoms with Crippen LogP contribution in [0.15, 0.2) is 0 Å². The van der Waals surface area contributed by atoms with E-state index in [0.29, 0.717) is 6.42 Å². The van der Waals surface area contributed by atoms with Crippen LogP contribution in [-0.4, -0.2) is 25.7 Å². The van der Waals surface area contributed by atoms with Crippen LogP contribution < -0.4 is 5.32 Å². The molecule has 0 saturated heterocycles. The van der Waals surface area contributed by atoms with Gasteiger partial charge in [0, 0.05) is 26.5 Å². The summed E-state index contributed by atoms with van der Waals surface area (Å²) in [6.45, 7) is 2.68. The van der Waals surface area contributed by atoms with Crippen molar-refractivity contribution >= 4 is 5.91 Å². The number of ether oxygens (including phenoxy) is 1. The van der Waals surface area contributed by atoms with E-state index in [4.69, 9.17) is 11.2 Å². The minimum absolute atomic E-state index is 0.0969. The van der Waals surface area contributed by atoms with Gasteiger partial charge in [0.2, 0.25) is 5.91 Å². The van der Waals surface area contributed by atoms with Crippen LogP contribution in [-0.2, 0) is 9.53 Å². The number of carbonyl (C=O) groups excluding carboxylic acids is 1. The van der Waals surface area contributed by atoms with Crippen molar-refractivity contribution in [3.8, 4) is 12.3 Å². The summed E-state index contributed by atoms with van der Waals surface area (Å²) in [5.41, 5.74) is 0. The summed E-state index contributed by atoms with van der Waals surface area (Å²) >= 11 is 0. The van der Waals surface area contributed by atoms with Crippen LogP contribution in [0.1, 0.15) is 39.0 Å². The lowest BCUT2D eigenvalue weighted by atomic mass is 10.2. The molecule has 0 aromatic heterocycles. The monoisotopic (exact) mass is 211 g/mol. The van der Waals surface area contributed by atoms with E-state index in [2.05, 4.69) is 11.2 Å². The Labute approximate surface area is 92.6 Å². The molecule has 0 aromatic carbocycles. The molecule has 1 atom stereocenters. The summed E-state index contributed by atoms with van der Waals surface area (Å²) in [6.07, 6.45) is 9.29. The molecule has 0 heterocycles. The number of hydrogen-bond acceptors (Lipinski definition) is 2. The minimum Gasteiger partial charge on any atom is -0.382 e. The van der Waals surface area contributed by atoms with Crippen molar-refractivity contribution in [2.24, 2.45) is 0 Å². The van der Waals surface area contributed by atoms with Gasteiger partial charge in [0.25, 0.3) is 0 Å². The summed E-state index contributed by atoms with van der Waals surface area (Å²) in [6, 6.07) is 0. The highest BCUT2D eigenvalue weighted by molar-refractivity contribution is 5.75. The first kappa shape index (κ1) is 14.0. The van der Waals surface area contributed by atoms with Crippen molar-refractivity contribution < 1.29 is 9.53 Å². The molecule has 0 aliphatic heterocycles. The molecule has 3 heteroatoms. The molecule has 0 rings (SSSR count). The Kier molecular flexibility index (Phi) is 8.90. The fourth-order valence-corrected chi connectivity index (χ4v) is 1.12. The SMILES string of the molecule is C#CCCCCNC(=O)CCC(C)OC. The van der Waals surface area contributed by atoms with Gasteiger partial charge in [-0.15, -0.1) is 12.3 Å². The first-order valence-electron chi connectivity index (χ1n) is 5.43. The van der Waals surface area contributed by atoms with E-state index in [-0.39, 0.29) is 12.0 Å².